The monoisotopic (exact) mass is 311 g/mol. The van der Waals surface area contributed by atoms with Gasteiger partial charge in [0.2, 0.25) is 0 Å². The van der Waals surface area contributed by atoms with Gasteiger partial charge in [0.25, 0.3) is 5.91 Å². The Kier molecular flexibility index (Phi) is 5.96. The van der Waals surface area contributed by atoms with E-state index < -0.39 is 0 Å². The van der Waals surface area contributed by atoms with Crippen LogP contribution in [0, 0.1) is 5.92 Å². The third kappa shape index (κ3) is 4.66. The van der Waals surface area contributed by atoms with Gasteiger partial charge < -0.3 is 10.1 Å². The maximum absolute atomic E-state index is 12.2. The quantitative estimate of drug-likeness (QED) is 0.843. The highest BCUT2D eigenvalue weighted by Gasteiger charge is 2.24. The summed E-state index contributed by atoms with van der Waals surface area (Å²) in [5, 5.41) is 3.33. The lowest BCUT2D eigenvalue weighted by atomic mass is 10.0. The molecule has 1 aromatic heterocycles. The molecular weight excluding hydrogens is 290 g/mol. The van der Waals surface area contributed by atoms with Crippen molar-refractivity contribution in [1.82, 2.24) is 15.2 Å². The number of ether oxygens (including phenoxy) is 1. The molecule has 1 aromatic rings. The molecule has 1 N–H and O–H groups in total. The van der Waals surface area contributed by atoms with E-state index in [4.69, 9.17) is 16.3 Å². The van der Waals surface area contributed by atoms with Crippen molar-refractivity contribution in [3.05, 3.63) is 29.0 Å². The molecule has 1 atom stereocenters. The predicted octanol–water partition coefficient (Wildman–Crippen LogP) is 1.82. The highest BCUT2D eigenvalue weighted by Crippen LogP contribution is 2.13. The lowest BCUT2D eigenvalue weighted by Crippen LogP contribution is -2.51. The summed E-state index contributed by atoms with van der Waals surface area (Å²) in [5.74, 6) is 0.350. The van der Waals surface area contributed by atoms with Crippen LogP contribution in [0.25, 0.3) is 0 Å². The van der Waals surface area contributed by atoms with Gasteiger partial charge in [0.15, 0.2) is 0 Å². The molecule has 1 saturated heterocycles. The zero-order valence-electron chi connectivity index (χ0n) is 12.5. The molecule has 0 spiro atoms. The average molecular weight is 312 g/mol. The number of carbonyl (C=O) groups excluding carboxylic acids is 1. The second kappa shape index (κ2) is 7.73. The molecule has 1 aliphatic heterocycles. The first-order valence-corrected chi connectivity index (χ1v) is 7.67. The molecule has 1 aliphatic rings. The minimum absolute atomic E-state index is 0.113. The molecule has 0 aliphatic carbocycles. The zero-order chi connectivity index (χ0) is 15.2. The number of nitrogens with one attached hydrogen (secondary N) is 1. The highest BCUT2D eigenvalue weighted by molar-refractivity contribution is 6.29. The lowest BCUT2D eigenvalue weighted by Gasteiger charge is -2.36. The third-order valence-corrected chi connectivity index (χ3v) is 3.95. The molecule has 6 heteroatoms. The Morgan fingerprint density at radius 1 is 1.48 bits per heavy atom. The van der Waals surface area contributed by atoms with Gasteiger partial charge in [0, 0.05) is 37.4 Å². The number of aromatic nitrogens is 1. The Bertz CT molecular complexity index is 476. The van der Waals surface area contributed by atoms with E-state index in [1.165, 1.54) is 0 Å². The van der Waals surface area contributed by atoms with E-state index in [0.717, 1.165) is 26.3 Å². The van der Waals surface area contributed by atoms with E-state index in [1.54, 1.807) is 18.3 Å². The summed E-state index contributed by atoms with van der Waals surface area (Å²) in [6, 6.07) is 3.56. The van der Waals surface area contributed by atoms with Crippen LogP contribution in [0.3, 0.4) is 0 Å². The van der Waals surface area contributed by atoms with Crippen molar-refractivity contribution in [2.45, 2.75) is 19.9 Å². The van der Waals surface area contributed by atoms with Crippen molar-refractivity contribution in [2.75, 3.05) is 32.8 Å². The topological polar surface area (TPSA) is 54.5 Å². The number of morpholine rings is 1. The second-order valence-corrected chi connectivity index (χ2v) is 5.92. The van der Waals surface area contributed by atoms with E-state index in [-0.39, 0.29) is 5.91 Å². The lowest BCUT2D eigenvalue weighted by molar-refractivity contribution is 0.00673. The van der Waals surface area contributed by atoms with Crippen LogP contribution in [0.15, 0.2) is 18.3 Å². The molecule has 1 unspecified atom stereocenters. The Balaban J connectivity index is 1.93. The van der Waals surface area contributed by atoms with Crippen molar-refractivity contribution in [3.63, 3.8) is 0 Å². The van der Waals surface area contributed by atoms with E-state index in [0.29, 0.717) is 29.2 Å². The first-order chi connectivity index (χ1) is 10.1. The van der Waals surface area contributed by atoms with Gasteiger partial charge in [-0.25, -0.2) is 4.98 Å². The van der Waals surface area contributed by atoms with Crippen LogP contribution >= 0.6 is 11.6 Å². The minimum Gasteiger partial charge on any atom is -0.379 e. The van der Waals surface area contributed by atoms with Gasteiger partial charge in [0.05, 0.1) is 13.2 Å². The molecule has 1 amide bonds. The SMILES string of the molecule is CC(C)C(CNC(=O)c1ccnc(Cl)c1)N1CCOCC1. The van der Waals surface area contributed by atoms with Crippen molar-refractivity contribution in [2.24, 2.45) is 5.92 Å². The number of nitrogens with zero attached hydrogens (tertiary/aromatic N) is 2. The molecule has 5 nitrogen and oxygen atoms in total. The molecule has 2 heterocycles. The summed E-state index contributed by atoms with van der Waals surface area (Å²) in [6.07, 6.45) is 1.54. The van der Waals surface area contributed by atoms with E-state index in [9.17, 15) is 4.79 Å². The molecule has 116 valence electrons. The van der Waals surface area contributed by atoms with Gasteiger partial charge in [0.1, 0.15) is 5.15 Å². The fourth-order valence-electron chi connectivity index (χ4n) is 2.54. The first-order valence-electron chi connectivity index (χ1n) is 7.29. The molecule has 0 bridgehead atoms. The largest absolute Gasteiger partial charge is 0.379 e. The first kappa shape index (κ1) is 16.2. The Hall–Kier alpha value is -1.17. The molecule has 2 rings (SSSR count). The summed E-state index contributed by atoms with van der Waals surface area (Å²) >= 11 is 5.81. The standard InChI is InChI=1S/C15H22ClN3O2/c1-11(2)13(19-5-7-21-8-6-19)10-18-15(20)12-3-4-17-14(16)9-12/h3-4,9,11,13H,5-8,10H2,1-2H3,(H,18,20). The van der Waals surface area contributed by atoms with Gasteiger partial charge in [-0.05, 0) is 18.1 Å². The predicted molar refractivity (Wildman–Crippen MR) is 82.6 cm³/mol. The Morgan fingerprint density at radius 3 is 2.81 bits per heavy atom. The average Bonchev–Trinajstić information content (AvgIpc) is 2.48. The second-order valence-electron chi connectivity index (χ2n) is 5.54. The van der Waals surface area contributed by atoms with Crippen molar-refractivity contribution in [1.29, 1.82) is 0 Å². The summed E-state index contributed by atoms with van der Waals surface area (Å²) in [6.45, 7) is 8.33. The fraction of sp³-hybridized carbons (Fsp3) is 0.600. The highest BCUT2D eigenvalue weighted by atomic mass is 35.5. The van der Waals surface area contributed by atoms with Crippen molar-refractivity contribution >= 4 is 17.5 Å². The summed E-state index contributed by atoms with van der Waals surface area (Å²) < 4.78 is 5.39. The molecule has 0 aromatic carbocycles. The van der Waals surface area contributed by atoms with Gasteiger partial charge in [-0.3, -0.25) is 9.69 Å². The van der Waals surface area contributed by atoms with Gasteiger partial charge in [-0.15, -0.1) is 0 Å². The maximum atomic E-state index is 12.2. The van der Waals surface area contributed by atoms with Crippen LogP contribution in [0.4, 0.5) is 0 Å². The van der Waals surface area contributed by atoms with Crippen LogP contribution < -0.4 is 5.32 Å². The van der Waals surface area contributed by atoms with Crippen molar-refractivity contribution in [3.8, 4) is 0 Å². The number of pyridine rings is 1. The van der Waals surface area contributed by atoms with E-state index >= 15 is 0 Å². The Labute approximate surface area is 130 Å². The van der Waals surface area contributed by atoms with Crippen LogP contribution in [0.5, 0.6) is 0 Å². The molecule has 0 saturated carbocycles. The van der Waals surface area contributed by atoms with E-state index in [2.05, 4.69) is 29.0 Å². The number of halogens is 1. The molecule has 1 fully saturated rings. The summed E-state index contributed by atoms with van der Waals surface area (Å²) in [5.41, 5.74) is 0.541. The number of rotatable bonds is 5. The maximum Gasteiger partial charge on any atom is 0.251 e. The molecular formula is C15H22ClN3O2. The normalized spacial score (nSPS) is 17.7. The molecule has 0 radical (unpaired) electrons. The smallest absolute Gasteiger partial charge is 0.251 e. The minimum atomic E-state index is -0.113. The number of hydrogen-bond acceptors (Lipinski definition) is 4. The van der Waals surface area contributed by atoms with Gasteiger partial charge >= 0.3 is 0 Å². The number of carbonyl (C=O) groups is 1. The van der Waals surface area contributed by atoms with E-state index in [1.807, 2.05) is 0 Å². The number of amides is 1. The zero-order valence-corrected chi connectivity index (χ0v) is 13.3. The summed E-state index contributed by atoms with van der Waals surface area (Å²) in [4.78, 5) is 18.4. The van der Waals surface area contributed by atoms with Crippen LogP contribution in [0.1, 0.15) is 24.2 Å². The van der Waals surface area contributed by atoms with Gasteiger partial charge in [-0.1, -0.05) is 25.4 Å². The molecule has 21 heavy (non-hydrogen) atoms. The Morgan fingerprint density at radius 2 is 2.19 bits per heavy atom. The van der Waals surface area contributed by atoms with Crippen molar-refractivity contribution < 1.29 is 9.53 Å². The van der Waals surface area contributed by atoms with Gasteiger partial charge in [-0.2, -0.15) is 0 Å². The van der Waals surface area contributed by atoms with Crippen LogP contribution in [0.2, 0.25) is 5.15 Å². The number of hydrogen-bond donors (Lipinski definition) is 1. The fourth-order valence-corrected chi connectivity index (χ4v) is 2.71. The summed E-state index contributed by atoms with van der Waals surface area (Å²) in [7, 11) is 0. The van der Waals surface area contributed by atoms with Crippen LogP contribution in [-0.4, -0.2) is 54.7 Å². The van der Waals surface area contributed by atoms with Crippen LogP contribution in [-0.2, 0) is 4.74 Å². The third-order valence-electron chi connectivity index (χ3n) is 3.74.